The van der Waals surface area contributed by atoms with Crippen molar-refractivity contribution in [2.75, 3.05) is 19.0 Å². The fraction of sp³-hybridized carbons (Fsp3) is 0.400. The predicted molar refractivity (Wildman–Crippen MR) is 127 cm³/mol. The van der Waals surface area contributed by atoms with Crippen molar-refractivity contribution in [3.8, 4) is 5.75 Å². The van der Waals surface area contributed by atoms with Crippen LogP contribution in [0.15, 0.2) is 48.5 Å². The van der Waals surface area contributed by atoms with Crippen LogP contribution in [0, 0.1) is 0 Å². The molecule has 3 N–H and O–H groups in total. The highest BCUT2D eigenvalue weighted by Crippen LogP contribution is 2.13. The molecule has 0 unspecified atom stereocenters. The lowest BCUT2D eigenvalue weighted by Gasteiger charge is -2.19. The van der Waals surface area contributed by atoms with Crippen LogP contribution in [0.4, 0.5) is 10.5 Å². The molecule has 0 aromatic heterocycles. The van der Waals surface area contributed by atoms with Crippen molar-refractivity contribution in [3.63, 3.8) is 0 Å². The standard InChI is InChI=1S/C25H33N3O5/c1-25(2,3)33-24(31)26-16-15-23(30)28-20-10-5-19(6-11-20)17-27-22(29)14-9-18-7-12-21(32-4)13-8-18/h5-8,10-13H,9,14-17H2,1-4H3,(H,26,31)(H,27,29)(H,28,30). The Balaban J connectivity index is 1.66. The van der Waals surface area contributed by atoms with Gasteiger partial charge in [0.1, 0.15) is 11.4 Å². The topological polar surface area (TPSA) is 106 Å². The number of anilines is 1. The Morgan fingerprint density at radius 3 is 2.06 bits per heavy atom. The van der Waals surface area contributed by atoms with Gasteiger partial charge in [-0.1, -0.05) is 24.3 Å². The highest BCUT2D eigenvalue weighted by Gasteiger charge is 2.15. The van der Waals surface area contributed by atoms with Gasteiger partial charge in [-0.3, -0.25) is 9.59 Å². The maximum absolute atomic E-state index is 12.1. The fourth-order valence-corrected chi connectivity index (χ4v) is 2.86. The van der Waals surface area contributed by atoms with Crippen molar-refractivity contribution in [2.45, 2.75) is 52.2 Å². The van der Waals surface area contributed by atoms with Crippen LogP contribution in [0.25, 0.3) is 0 Å². The lowest BCUT2D eigenvalue weighted by atomic mass is 10.1. The third kappa shape index (κ3) is 10.5. The summed E-state index contributed by atoms with van der Waals surface area (Å²) in [4.78, 5) is 35.7. The minimum Gasteiger partial charge on any atom is -0.497 e. The van der Waals surface area contributed by atoms with E-state index in [2.05, 4.69) is 16.0 Å². The van der Waals surface area contributed by atoms with Crippen molar-refractivity contribution in [2.24, 2.45) is 0 Å². The number of ether oxygens (including phenoxy) is 2. The van der Waals surface area contributed by atoms with Gasteiger partial charge in [-0.25, -0.2) is 4.79 Å². The molecule has 0 aliphatic rings. The number of carbonyl (C=O) groups is 3. The normalized spacial score (nSPS) is 10.8. The molecular weight excluding hydrogens is 422 g/mol. The SMILES string of the molecule is COc1ccc(CCC(=O)NCc2ccc(NC(=O)CCNC(=O)OC(C)(C)C)cc2)cc1. The number of rotatable bonds is 10. The molecule has 3 amide bonds. The van der Waals surface area contributed by atoms with Crippen LogP contribution >= 0.6 is 0 Å². The minimum absolute atomic E-state index is 0.0271. The lowest BCUT2D eigenvalue weighted by Crippen LogP contribution is -2.34. The molecule has 2 rings (SSSR count). The molecule has 33 heavy (non-hydrogen) atoms. The third-order valence-electron chi connectivity index (χ3n) is 4.55. The number of nitrogens with one attached hydrogen (secondary N) is 3. The molecule has 178 valence electrons. The summed E-state index contributed by atoms with van der Waals surface area (Å²) in [7, 11) is 1.62. The monoisotopic (exact) mass is 455 g/mol. The predicted octanol–water partition coefficient (Wildman–Crippen LogP) is 3.80. The maximum Gasteiger partial charge on any atom is 0.407 e. The summed E-state index contributed by atoms with van der Waals surface area (Å²) in [6, 6.07) is 14.9. The molecular formula is C25H33N3O5. The van der Waals surface area contributed by atoms with E-state index in [1.165, 1.54) is 0 Å². The number of aryl methyl sites for hydroxylation is 1. The largest absolute Gasteiger partial charge is 0.497 e. The average Bonchev–Trinajstić information content (AvgIpc) is 2.76. The van der Waals surface area contributed by atoms with E-state index in [0.29, 0.717) is 25.1 Å². The van der Waals surface area contributed by atoms with Crippen molar-refractivity contribution in [1.29, 1.82) is 0 Å². The first-order chi connectivity index (χ1) is 15.6. The zero-order valence-electron chi connectivity index (χ0n) is 19.7. The number of carbonyl (C=O) groups excluding carboxylic acids is 3. The van der Waals surface area contributed by atoms with Gasteiger partial charge in [0, 0.05) is 31.6 Å². The molecule has 0 fully saturated rings. The average molecular weight is 456 g/mol. The molecule has 0 spiro atoms. The van der Waals surface area contributed by atoms with E-state index in [1.807, 2.05) is 36.4 Å². The molecule has 2 aromatic rings. The Morgan fingerprint density at radius 1 is 0.818 bits per heavy atom. The van der Waals surface area contributed by atoms with E-state index in [4.69, 9.17) is 9.47 Å². The number of amides is 3. The quantitative estimate of drug-likeness (QED) is 0.505. The third-order valence-corrected chi connectivity index (χ3v) is 4.55. The Labute approximate surface area is 195 Å². The highest BCUT2D eigenvalue weighted by molar-refractivity contribution is 5.91. The maximum atomic E-state index is 12.1. The summed E-state index contributed by atoms with van der Waals surface area (Å²) < 4.78 is 10.3. The smallest absolute Gasteiger partial charge is 0.407 e. The molecule has 2 aromatic carbocycles. The van der Waals surface area contributed by atoms with Gasteiger partial charge in [0.2, 0.25) is 11.8 Å². The zero-order chi connectivity index (χ0) is 24.3. The number of methoxy groups -OCH3 is 1. The van der Waals surface area contributed by atoms with Crippen LogP contribution < -0.4 is 20.7 Å². The lowest BCUT2D eigenvalue weighted by molar-refractivity contribution is -0.121. The van der Waals surface area contributed by atoms with Crippen LogP contribution in [-0.2, 0) is 27.3 Å². The van der Waals surface area contributed by atoms with Gasteiger partial charge in [-0.2, -0.15) is 0 Å². The summed E-state index contributed by atoms with van der Waals surface area (Å²) in [5.41, 5.74) is 2.07. The molecule has 0 saturated carbocycles. The molecule has 8 heteroatoms. The Morgan fingerprint density at radius 2 is 1.45 bits per heavy atom. The molecule has 0 aliphatic heterocycles. The van der Waals surface area contributed by atoms with Crippen LogP contribution in [0.2, 0.25) is 0 Å². The number of alkyl carbamates (subject to hydrolysis) is 1. The van der Waals surface area contributed by atoms with E-state index < -0.39 is 11.7 Å². The van der Waals surface area contributed by atoms with Gasteiger partial charge >= 0.3 is 6.09 Å². The van der Waals surface area contributed by atoms with Crippen LogP contribution in [0.1, 0.15) is 44.7 Å². The molecule has 0 atom stereocenters. The first kappa shape index (κ1) is 25.7. The van der Waals surface area contributed by atoms with Crippen LogP contribution in [0.5, 0.6) is 5.75 Å². The van der Waals surface area contributed by atoms with Crippen molar-refractivity contribution in [3.05, 3.63) is 59.7 Å². The van der Waals surface area contributed by atoms with E-state index in [0.717, 1.165) is 16.9 Å². The number of hydrogen-bond acceptors (Lipinski definition) is 5. The van der Waals surface area contributed by atoms with Gasteiger partial charge in [-0.05, 0) is 62.6 Å². The summed E-state index contributed by atoms with van der Waals surface area (Å²) in [6.45, 7) is 5.92. The molecule has 0 heterocycles. The second-order valence-corrected chi connectivity index (χ2v) is 8.55. The second-order valence-electron chi connectivity index (χ2n) is 8.55. The second kappa shape index (κ2) is 12.5. The summed E-state index contributed by atoms with van der Waals surface area (Å²) >= 11 is 0. The van der Waals surface area contributed by atoms with E-state index in [1.54, 1.807) is 40.0 Å². The molecule has 0 aliphatic carbocycles. The first-order valence-electron chi connectivity index (χ1n) is 10.9. The Hall–Kier alpha value is -3.55. The minimum atomic E-state index is -0.579. The van der Waals surface area contributed by atoms with Crippen molar-refractivity contribution < 1.29 is 23.9 Å². The zero-order valence-corrected chi connectivity index (χ0v) is 19.7. The molecule has 0 saturated heterocycles. The molecule has 8 nitrogen and oxygen atoms in total. The van der Waals surface area contributed by atoms with E-state index in [9.17, 15) is 14.4 Å². The van der Waals surface area contributed by atoms with Crippen LogP contribution in [-0.4, -0.2) is 37.2 Å². The van der Waals surface area contributed by atoms with Crippen LogP contribution in [0.3, 0.4) is 0 Å². The fourth-order valence-electron chi connectivity index (χ4n) is 2.86. The summed E-state index contributed by atoms with van der Waals surface area (Å²) in [5, 5.41) is 8.23. The van der Waals surface area contributed by atoms with Gasteiger partial charge in [0.05, 0.1) is 7.11 Å². The Kier molecular flexibility index (Phi) is 9.72. The van der Waals surface area contributed by atoms with Crippen molar-refractivity contribution in [1.82, 2.24) is 10.6 Å². The molecule has 0 radical (unpaired) electrons. The number of benzene rings is 2. The molecule has 0 bridgehead atoms. The summed E-state index contributed by atoms with van der Waals surface area (Å²) in [5.74, 6) is 0.548. The highest BCUT2D eigenvalue weighted by atomic mass is 16.6. The van der Waals surface area contributed by atoms with Gasteiger partial charge < -0.3 is 25.4 Å². The van der Waals surface area contributed by atoms with Gasteiger partial charge in [-0.15, -0.1) is 0 Å². The first-order valence-corrected chi connectivity index (χ1v) is 10.9. The van der Waals surface area contributed by atoms with Crippen molar-refractivity contribution >= 4 is 23.6 Å². The van der Waals surface area contributed by atoms with E-state index >= 15 is 0 Å². The Bertz CT molecular complexity index is 919. The number of hydrogen-bond donors (Lipinski definition) is 3. The van der Waals surface area contributed by atoms with E-state index in [-0.39, 0.29) is 24.8 Å². The van der Waals surface area contributed by atoms with Gasteiger partial charge in [0.25, 0.3) is 0 Å². The summed E-state index contributed by atoms with van der Waals surface area (Å²) in [6.07, 6.45) is 0.637. The van der Waals surface area contributed by atoms with Gasteiger partial charge in [0.15, 0.2) is 0 Å².